The van der Waals surface area contributed by atoms with Crippen molar-refractivity contribution in [3.63, 3.8) is 0 Å². The summed E-state index contributed by atoms with van der Waals surface area (Å²) in [5.41, 5.74) is 2.29. The molecule has 0 saturated heterocycles. The molecule has 0 bridgehead atoms. The van der Waals surface area contributed by atoms with Gasteiger partial charge < -0.3 is 4.98 Å². The van der Waals surface area contributed by atoms with E-state index in [0.717, 1.165) is 29.7 Å². The van der Waals surface area contributed by atoms with Crippen LogP contribution >= 0.6 is 0 Å². The standard InChI is InChI=1S/C14H16N2/c1-2-4-13-12(3-1)15-14(16-13)7-9-5-10-8-11(10)6-9/h1-4,9-11H,5-8H2,(H,15,16)/t9-,10-,11?/m1/s1. The van der Waals surface area contributed by atoms with E-state index in [1.165, 1.54) is 30.6 Å². The summed E-state index contributed by atoms with van der Waals surface area (Å²) in [5.74, 6) is 4.24. The Morgan fingerprint density at radius 1 is 1.12 bits per heavy atom. The van der Waals surface area contributed by atoms with Gasteiger partial charge in [-0.1, -0.05) is 12.1 Å². The highest BCUT2D eigenvalue weighted by Gasteiger charge is 2.45. The molecule has 2 fully saturated rings. The molecule has 82 valence electrons. The Morgan fingerprint density at radius 3 is 2.75 bits per heavy atom. The van der Waals surface area contributed by atoms with Crippen LogP contribution in [0.25, 0.3) is 11.0 Å². The van der Waals surface area contributed by atoms with Crippen LogP contribution in [0, 0.1) is 17.8 Å². The first kappa shape index (κ1) is 8.80. The van der Waals surface area contributed by atoms with Gasteiger partial charge in [-0.05, 0) is 49.1 Å². The Morgan fingerprint density at radius 2 is 1.94 bits per heavy atom. The molecule has 0 aliphatic heterocycles. The average molecular weight is 212 g/mol. The minimum Gasteiger partial charge on any atom is -0.342 e. The first-order valence-corrected chi connectivity index (χ1v) is 6.32. The van der Waals surface area contributed by atoms with E-state index in [0.29, 0.717) is 0 Å². The van der Waals surface area contributed by atoms with Gasteiger partial charge in [-0.15, -0.1) is 0 Å². The van der Waals surface area contributed by atoms with Gasteiger partial charge in [0.05, 0.1) is 11.0 Å². The smallest absolute Gasteiger partial charge is 0.107 e. The van der Waals surface area contributed by atoms with E-state index in [9.17, 15) is 0 Å². The van der Waals surface area contributed by atoms with Gasteiger partial charge in [-0.25, -0.2) is 4.98 Å². The van der Waals surface area contributed by atoms with Crippen molar-refractivity contribution in [3.05, 3.63) is 30.1 Å². The number of rotatable bonds is 2. The fourth-order valence-electron chi connectivity index (χ4n) is 3.38. The van der Waals surface area contributed by atoms with Gasteiger partial charge in [-0.3, -0.25) is 0 Å². The van der Waals surface area contributed by atoms with Crippen LogP contribution in [0.5, 0.6) is 0 Å². The number of nitrogens with one attached hydrogen (secondary N) is 1. The third-order valence-electron chi connectivity index (χ3n) is 4.26. The lowest BCUT2D eigenvalue weighted by Crippen LogP contribution is -2.03. The van der Waals surface area contributed by atoms with Crippen molar-refractivity contribution in [3.8, 4) is 0 Å². The number of para-hydroxylation sites is 2. The molecule has 1 heterocycles. The topological polar surface area (TPSA) is 28.7 Å². The molecule has 2 aromatic rings. The lowest BCUT2D eigenvalue weighted by molar-refractivity contribution is 0.476. The van der Waals surface area contributed by atoms with E-state index in [1.54, 1.807) is 0 Å². The van der Waals surface area contributed by atoms with Crippen molar-refractivity contribution >= 4 is 11.0 Å². The second-order valence-electron chi connectivity index (χ2n) is 5.50. The molecule has 0 amide bonds. The summed E-state index contributed by atoms with van der Waals surface area (Å²) >= 11 is 0. The van der Waals surface area contributed by atoms with Crippen LogP contribution in [0.2, 0.25) is 0 Å². The fourth-order valence-corrected chi connectivity index (χ4v) is 3.38. The Labute approximate surface area is 95.1 Å². The molecule has 3 atom stereocenters. The number of nitrogens with zero attached hydrogens (tertiary/aromatic N) is 1. The van der Waals surface area contributed by atoms with Crippen molar-refractivity contribution in [2.24, 2.45) is 17.8 Å². The van der Waals surface area contributed by atoms with E-state index >= 15 is 0 Å². The highest BCUT2D eigenvalue weighted by Crippen LogP contribution is 2.54. The molecule has 0 spiro atoms. The maximum Gasteiger partial charge on any atom is 0.107 e. The summed E-state index contributed by atoms with van der Waals surface area (Å²) in [4.78, 5) is 8.10. The highest BCUT2D eigenvalue weighted by atomic mass is 14.9. The largest absolute Gasteiger partial charge is 0.342 e. The van der Waals surface area contributed by atoms with Gasteiger partial charge in [0, 0.05) is 6.42 Å². The quantitative estimate of drug-likeness (QED) is 0.814. The maximum atomic E-state index is 4.66. The zero-order chi connectivity index (χ0) is 10.5. The van der Waals surface area contributed by atoms with Gasteiger partial charge in [0.2, 0.25) is 0 Å². The minimum atomic E-state index is 0.893. The molecular weight excluding hydrogens is 196 g/mol. The molecule has 1 unspecified atom stereocenters. The molecule has 16 heavy (non-hydrogen) atoms. The predicted octanol–water partition coefficient (Wildman–Crippen LogP) is 3.15. The Kier molecular flexibility index (Phi) is 1.70. The molecule has 2 nitrogen and oxygen atoms in total. The maximum absolute atomic E-state index is 4.66. The zero-order valence-corrected chi connectivity index (χ0v) is 9.32. The summed E-state index contributed by atoms with van der Waals surface area (Å²) in [6.45, 7) is 0. The minimum absolute atomic E-state index is 0.893. The first-order valence-electron chi connectivity index (χ1n) is 6.32. The second kappa shape index (κ2) is 3.09. The van der Waals surface area contributed by atoms with E-state index in [4.69, 9.17) is 0 Å². The van der Waals surface area contributed by atoms with Crippen LogP contribution in [0.15, 0.2) is 24.3 Å². The Bertz CT molecular complexity index is 485. The SMILES string of the molecule is c1ccc2[nH]c(C[C@H]3CC4C[C@H]4C3)nc2c1. The number of benzene rings is 1. The molecular formula is C14H16N2. The van der Waals surface area contributed by atoms with Gasteiger partial charge in [0.1, 0.15) is 5.82 Å². The number of imidazole rings is 1. The van der Waals surface area contributed by atoms with Gasteiger partial charge >= 0.3 is 0 Å². The molecule has 2 aliphatic rings. The first-order chi connectivity index (χ1) is 7.88. The highest BCUT2D eigenvalue weighted by molar-refractivity contribution is 5.74. The Hall–Kier alpha value is -1.31. The molecule has 4 rings (SSSR count). The fraction of sp³-hybridized carbons (Fsp3) is 0.500. The molecule has 1 N–H and O–H groups in total. The monoisotopic (exact) mass is 212 g/mol. The molecule has 2 saturated carbocycles. The van der Waals surface area contributed by atoms with E-state index in [2.05, 4.69) is 34.2 Å². The number of aromatic nitrogens is 2. The molecule has 2 aliphatic carbocycles. The number of H-pyrrole nitrogens is 1. The summed E-state index contributed by atoms with van der Waals surface area (Å²) in [7, 11) is 0. The van der Waals surface area contributed by atoms with Crippen molar-refractivity contribution in [2.75, 3.05) is 0 Å². The van der Waals surface area contributed by atoms with Crippen LogP contribution in [-0.4, -0.2) is 9.97 Å². The van der Waals surface area contributed by atoms with Gasteiger partial charge in [0.25, 0.3) is 0 Å². The zero-order valence-electron chi connectivity index (χ0n) is 9.32. The third-order valence-corrected chi connectivity index (χ3v) is 4.26. The lowest BCUT2D eigenvalue weighted by Gasteiger charge is -2.08. The lowest BCUT2D eigenvalue weighted by atomic mass is 9.99. The van der Waals surface area contributed by atoms with Gasteiger partial charge in [0.15, 0.2) is 0 Å². The molecule has 1 aromatic heterocycles. The van der Waals surface area contributed by atoms with Crippen molar-refractivity contribution < 1.29 is 0 Å². The number of hydrogen-bond donors (Lipinski definition) is 1. The van der Waals surface area contributed by atoms with E-state index in [1.807, 2.05) is 0 Å². The van der Waals surface area contributed by atoms with E-state index < -0.39 is 0 Å². The van der Waals surface area contributed by atoms with Gasteiger partial charge in [-0.2, -0.15) is 0 Å². The number of fused-ring (bicyclic) bond motifs is 2. The molecule has 0 radical (unpaired) electrons. The van der Waals surface area contributed by atoms with Crippen LogP contribution in [-0.2, 0) is 6.42 Å². The summed E-state index contributed by atoms with van der Waals surface area (Å²) in [5, 5.41) is 0. The van der Waals surface area contributed by atoms with Crippen LogP contribution in [0.3, 0.4) is 0 Å². The number of aromatic amines is 1. The summed E-state index contributed by atoms with van der Waals surface area (Å²) in [6, 6.07) is 8.31. The summed E-state index contributed by atoms with van der Waals surface area (Å²) < 4.78 is 0. The number of hydrogen-bond acceptors (Lipinski definition) is 1. The molecule has 2 heteroatoms. The average Bonchev–Trinajstić information content (AvgIpc) is 2.75. The Balaban J connectivity index is 1.57. The third kappa shape index (κ3) is 1.36. The summed E-state index contributed by atoms with van der Waals surface area (Å²) in [6.07, 6.45) is 5.56. The van der Waals surface area contributed by atoms with E-state index in [-0.39, 0.29) is 0 Å². The van der Waals surface area contributed by atoms with Crippen LogP contribution < -0.4 is 0 Å². The van der Waals surface area contributed by atoms with Crippen LogP contribution in [0.4, 0.5) is 0 Å². The van der Waals surface area contributed by atoms with Crippen LogP contribution in [0.1, 0.15) is 25.1 Å². The second-order valence-corrected chi connectivity index (χ2v) is 5.50. The van der Waals surface area contributed by atoms with Crippen molar-refractivity contribution in [1.82, 2.24) is 9.97 Å². The van der Waals surface area contributed by atoms with Crippen molar-refractivity contribution in [1.29, 1.82) is 0 Å². The molecule has 1 aromatic carbocycles. The normalized spacial score (nSPS) is 31.9. The predicted molar refractivity (Wildman–Crippen MR) is 64.1 cm³/mol. The van der Waals surface area contributed by atoms with Crippen molar-refractivity contribution in [2.45, 2.75) is 25.7 Å².